The summed E-state index contributed by atoms with van der Waals surface area (Å²) in [6, 6.07) is 0. The number of allylic oxidation sites excluding steroid dienone is 2. The normalized spacial score (nSPS) is 8.13. The minimum atomic E-state index is -0.125. The molecule has 0 saturated heterocycles. The molecular weight excluding hydrogens is 192 g/mol. The van der Waals surface area contributed by atoms with E-state index in [0.29, 0.717) is 24.4 Å². The third kappa shape index (κ3) is 15.4. The minimum Gasteiger partial charge on any atom is -0.467 e. The second-order valence-electron chi connectivity index (χ2n) is 2.61. The van der Waals surface area contributed by atoms with E-state index in [2.05, 4.69) is 26.3 Å². The SMILES string of the molecule is C=CCC(=C)OC(=C)CC=C.OCCO. The molecule has 86 valence electrons. The molecule has 3 heteroatoms. The Morgan fingerprint density at radius 2 is 1.27 bits per heavy atom. The van der Waals surface area contributed by atoms with Gasteiger partial charge in [0.25, 0.3) is 0 Å². The predicted molar refractivity (Wildman–Crippen MR) is 63.2 cm³/mol. The van der Waals surface area contributed by atoms with E-state index < -0.39 is 0 Å². The van der Waals surface area contributed by atoms with Gasteiger partial charge in [0.15, 0.2) is 0 Å². The smallest absolute Gasteiger partial charge is 0.100 e. The van der Waals surface area contributed by atoms with Gasteiger partial charge in [0.2, 0.25) is 0 Å². The lowest BCUT2D eigenvalue weighted by atomic mass is 10.3. The van der Waals surface area contributed by atoms with Gasteiger partial charge in [0, 0.05) is 12.8 Å². The van der Waals surface area contributed by atoms with Crippen LogP contribution in [0, 0.1) is 0 Å². The van der Waals surface area contributed by atoms with Crippen LogP contribution in [0.1, 0.15) is 12.8 Å². The zero-order chi connectivity index (χ0) is 12.1. The molecule has 0 aliphatic rings. The van der Waals surface area contributed by atoms with Crippen LogP contribution in [0.3, 0.4) is 0 Å². The summed E-state index contributed by atoms with van der Waals surface area (Å²) < 4.78 is 5.20. The van der Waals surface area contributed by atoms with Gasteiger partial charge < -0.3 is 14.9 Å². The average Bonchev–Trinajstić information content (AvgIpc) is 2.18. The second kappa shape index (κ2) is 12.7. The summed E-state index contributed by atoms with van der Waals surface area (Å²) >= 11 is 0. The van der Waals surface area contributed by atoms with Crippen LogP contribution in [-0.4, -0.2) is 23.4 Å². The van der Waals surface area contributed by atoms with Gasteiger partial charge >= 0.3 is 0 Å². The molecule has 0 atom stereocenters. The van der Waals surface area contributed by atoms with Crippen molar-refractivity contribution in [3.8, 4) is 0 Å². The van der Waals surface area contributed by atoms with Crippen LogP contribution in [0.2, 0.25) is 0 Å². The molecule has 0 saturated carbocycles. The molecule has 2 N–H and O–H groups in total. The van der Waals surface area contributed by atoms with Gasteiger partial charge in [-0.15, -0.1) is 13.2 Å². The lowest BCUT2D eigenvalue weighted by Crippen LogP contribution is -1.88. The largest absolute Gasteiger partial charge is 0.467 e. The van der Waals surface area contributed by atoms with Gasteiger partial charge in [-0.1, -0.05) is 25.3 Å². The van der Waals surface area contributed by atoms with Gasteiger partial charge in [-0.25, -0.2) is 0 Å². The summed E-state index contributed by atoms with van der Waals surface area (Å²) in [5.74, 6) is 1.35. The molecule has 3 nitrogen and oxygen atoms in total. The van der Waals surface area contributed by atoms with E-state index >= 15 is 0 Å². The highest BCUT2D eigenvalue weighted by molar-refractivity contribution is 4.99. The molecule has 0 aromatic heterocycles. The van der Waals surface area contributed by atoms with Crippen LogP contribution in [0.25, 0.3) is 0 Å². The maximum absolute atomic E-state index is 7.62. The molecule has 0 unspecified atom stereocenters. The topological polar surface area (TPSA) is 49.7 Å². The van der Waals surface area contributed by atoms with Crippen molar-refractivity contribution in [2.75, 3.05) is 13.2 Å². The molecule has 0 amide bonds. The first-order valence-electron chi connectivity index (χ1n) is 4.59. The van der Waals surface area contributed by atoms with Crippen molar-refractivity contribution >= 4 is 0 Å². The molecule has 0 radical (unpaired) electrons. The lowest BCUT2D eigenvalue weighted by molar-refractivity contribution is 0.186. The van der Waals surface area contributed by atoms with E-state index in [9.17, 15) is 0 Å². The Hall–Kier alpha value is -1.32. The third-order valence-corrected chi connectivity index (χ3v) is 1.13. The van der Waals surface area contributed by atoms with Crippen molar-refractivity contribution < 1.29 is 14.9 Å². The van der Waals surface area contributed by atoms with E-state index in [1.165, 1.54) is 0 Å². The summed E-state index contributed by atoms with van der Waals surface area (Å²) in [6.45, 7) is 14.2. The summed E-state index contributed by atoms with van der Waals surface area (Å²) in [5, 5.41) is 15.2. The van der Waals surface area contributed by atoms with Crippen LogP contribution >= 0.6 is 0 Å². The molecule has 0 fully saturated rings. The van der Waals surface area contributed by atoms with Crippen molar-refractivity contribution in [1.29, 1.82) is 0 Å². The zero-order valence-corrected chi connectivity index (χ0v) is 9.11. The third-order valence-electron chi connectivity index (χ3n) is 1.13. The quantitative estimate of drug-likeness (QED) is 0.502. The van der Waals surface area contributed by atoms with Gasteiger partial charge in [-0.05, 0) is 0 Å². The summed E-state index contributed by atoms with van der Waals surface area (Å²) in [5.41, 5.74) is 0. The highest BCUT2D eigenvalue weighted by Crippen LogP contribution is 2.09. The minimum absolute atomic E-state index is 0.125. The average molecular weight is 212 g/mol. The summed E-state index contributed by atoms with van der Waals surface area (Å²) in [7, 11) is 0. The Labute approximate surface area is 91.7 Å². The van der Waals surface area contributed by atoms with Gasteiger partial charge in [-0.2, -0.15) is 0 Å². The van der Waals surface area contributed by atoms with E-state index in [1.54, 1.807) is 12.2 Å². The Bertz CT molecular complexity index is 185. The van der Waals surface area contributed by atoms with Gasteiger partial charge in [0.1, 0.15) is 11.5 Å². The molecule has 0 spiro atoms. The second-order valence-corrected chi connectivity index (χ2v) is 2.61. The van der Waals surface area contributed by atoms with Crippen LogP contribution in [0.4, 0.5) is 0 Å². The first-order chi connectivity index (χ1) is 7.12. The molecule has 0 bridgehead atoms. The zero-order valence-electron chi connectivity index (χ0n) is 9.11. The molecule has 0 heterocycles. The van der Waals surface area contributed by atoms with Crippen LogP contribution in [0.15, 0.2) is 50.0 Å². The summed E-state index contributed by atoms with van der Waals surface area (Å²) in [4.78, 5) is 0. The number of hydrogen-bond donors (Lipinski definition) is 2. The monoisotopic (exact) mass is 212 g/mol. The van der Waals surface area contributed by atoms with Crippen LogP contribution < -0.4 is 0 Å². The fraction of sp³-hybridized carbons (Fsp3) is 0.333. The van der Waals surface area contributed by atoms with E-state index in [1.807, 2.05) is 0 Å². The maximum atomic E-state index is 7.62. The van der Waals surface area contributed by atoms with Gasteiger partial charge in [0.05, 0.1) is 13.2 Å². The fourth-order valence-electron chi connectivity index (χ4n) is 0.609. The van der Waals surface area contributed by atoms with E-state index in [-0.39, 0.29) is 13.2 Å². The Kier molecular flexibility index (Phi) is 13.6. The number of ether oxygens (including phenoxy) is 1. The van der Waals surface area contributed by atoms with Crippen LogP contribution in [-0.2, 0) is 4.74 Å². The number of rotatable bonds is 7. The van der Waals surface area contributed by atoms with Crippen molar-refractivity contribution in [1.82, 2.24) is 0 Å². The maximum Gasteiger partial charge on any atom is 0.100 e. The molecule has 0 aromatic rings. The first kappa shape index (κ1) is 16.1. The van der Waals surface area contributed by atoms with Crippen molar-refractivity contribution in [3.05, 3.63) is 50.0 Å². The molecule has 15 heavy (non-hydrogen) atoms. The highest BCUT2D eigenvalue weighted by atomic mass is 16.5. The number of aliphatic hydroxyl groups is 2. The highest BCUT2D eigenvalue weighted by Gasteiger charge is 1.94. The van der Waals surface area contributed by atoms with E-state index in [4.69, 9.17) is 14.9 Å². The standard InChI is InChI=1S/C10H14O.C2H6O2/c1-5-7-9(3)11-10(4)8-6-2;3-1-2-4/h5-6H,1-4,7-8H2;3-4H,1-2H2. The van der Waals surface area contributed by atoms with Crippen molar-refractivity contribution in [3.63, 3.8) is 0 Å². The Morgan fingerprint density at radius 1 is 0.933 bits per heavy atom. The molecular formula is C12H20O3. The Morgan fingerprint density at radius 3 is 1.47 bits per heavy atom. The number of hydrogen-bond acceptors (Lipinski definition) is 3. The van der Waals surface area contributed by atoms with Crippen molar-refractivity contribution in [2.45, 2.75) is 12.8 Å². The fourth-order valence-corrected chi connectivity index (χ4v) is 0.609. The predicted octanol–water partition coefficient (Wildman–Crippen LogP) is 2.15. The van der Waals surface area contributed by atoms with Gasteiger partial charge in [-0.3, -0.25) is 0 Å². The molecule has 0 aliphatic heterocycles. The van der Waals surface area contributed by atoms with Crippen LogP contribution in [0.5, 0.6) is 0 Å². The van der Waals surface area contributed by atoms with Crippen molar-refractivity contribution in [2.24, 2.45) is 0 Å². The lowest BCUT2D eigenvalue weighted by Gasteiger charge is -2.06. The number of aliphatic hydroxyl groups excluding tert-OH is 2. The van der Waals surface area contributed by atoms with E-state index in [0.717, 1.165) is 0 Å². The molecule has 0 aromatic carbocycles. The summed E-state index contributed by atoms with van der Waals surface area (Å²) in [6.07, 6.45) is 4.80. The Balaban J connectivity index is 0. The molecule has 0 rings (SSSR count). The molecule has 0 aliphatic carbocycles. The first-order valence-corrected chi connectivity index (χ1v) is 4.59.